The van der Waals surface area contributed by atoms with Crippen LogP contribution in [0.5, 0.6) is 0 Å². The van der Waals surface area contributed by atoms with Crippen molar-refractivity contribution in [3.63, 3.8) is 0 Å². The zero-order valence-electron chi connectivity index (χ0n) is 12.9. The Kier molecular flexibility index (Phi) is 5.99. The fourth-order valence-corrected chi connectivity index (χ4v) is 3.42. The Hall–Kier alpha value is -1.37. The number of thiophene rings is 1. The first-order valence-electron chi connectivity index (χ1n) is 7.36. The van der Waals surface area contributed by atoms with Crippen molar-refractivity contribution in [3.8, 4) is 0 Å². The molecule has 1 atom stereocenters. The maximum Gasteiger partial charge on any atom is 0.232 e. The molecule has 0 radical (unpaired) electrons. The second-order valence-electron chi connectivity index (χ2n) is 5.13. The Morgan fingerprint density at radius 1 is 1.18 bits per heavy atom. The normalized spacial score (nSPS) is 13.0. The zero-order valence-corrected chi connectivity index (χ0v) is 14.5. The summed E-state index contributed by atoms with van der Waals surface area (Å²) in [6.45, 7) is 4.65. The molecule has 6 heteroatoms. The number of sulfonamides is 1. The molecule has 4 nitrogen and oxygen atoms in total. The molecule has 0 amide bonds. The molecular formula is C16H22N2O2S2. The summed E-state index contributed by atoms with van der Waals surface area (Å²) in [4.78, 5) is 1.38. The molecular weight excluding hydrogens is 316 g/mol. The van der Waals surface area contributed by atoms with Crippen LogP contribution in [0.25, 0.3) is 0 Å². The van der Waals surface area contributed by atoms with Gasteiger partial charge in [0.15, 0.2) is 0 Å². The lowest BCUT2D eigenvalue weighted by Gasteiger charge is -2.15. The van der Waals surface area contributed by atoms with E-state index in [9.17, 15) is 8.42 Å². The summed E-state index contributed by atoms with van der Waals surface area (Å²) in [7, 11) is -3.21. The minimum absolute atomic E-state index is 0.0788. The third-order valence-corrected chi connectivity index (χ3v) is 5.71. The summed E-state index contributed by atoms with van der Waals surface area (Å²) >= 11 is 1.77. The van der Waals surface area contributed by atoms with Crippen molar-refractivity contribution < 1.29 is 8.42 Å². The molecule has 1 aromatic carbocycles. The molecule has 0 aliphatic rings. The molecule has 0 aliphatic heterocycles. The lowest BCUT2D eigenvalue weighted by atomic mass is 10.1. The molecule has 2 aromatic rings. The standard InChI is InChI=1S/C16H22N2O2S2/c1-3-22(19,20)18-15-8-6-14(7-9-15)13(2)17-11-10-16-5-4-12-21-16/h4-9,12-13,17-18H,3,10-11H2,1-2H3. The van der Waals surface area contributed by atoms with Gasteiger partial charge in [-0.3, -0.25) is 4.72 Å². The van der Waals surface area contributed by atoms with Gasteiger partial charge in [0.25, 0.3) is 0 Å². The molecule has 1 unspecified atom stereocenters. The van der Waals surface area contributed by atoms with E-state index in [-0.39, 0.29) is 11.8 Å². The number of hydrogen-bond donors (Lipinski definition) is 2. The van der Waals surface area contributed by atoms with Gasteiger partial charge in [0.2, 0.25) is 10.0 Å². The maximum absolute atomic E-state index is 11.5. The van der Waals surface area contributed by atoms with Crippen molar-refractivity contribution in [2.24, 2.45) is 0 Å². The quantitative estimate of drug-likeness (QED) is 0.775. The summed E-state index contributed by atoms with van der Waals surface area (Å²) in [5, 5.41) is 5.58. The highest BCUT2D eigenvalue weighted by Crippen LogP contribution is 2.17. The van der Waals surface area contributed by atoms with Gasteiger partial charge >= 0.3 is 0 Å². The van der Waals surface area contributed by atoms with Crippen molar-refractivity contribution in [2.75, 3.05) is 17.0 Å². The SMILES string of the molecule is CCS(=O)(=O)Nc1ccc(C(C)NCCc2cccs2)cc1. The molecule has 1 aromatic heterocycles. The van der Waals surface area contributed by atoms with Crippen LogP contribution in [0.4, 0.5) is 5.69 Å². The monoisotopic (exact) mass is 338 g/mol. The molecule has 2 rings (SSSR count). The summed E-state index contributed by atoms with van der Waals surface area (Å²) in [6.07, 6.45) is 1.02. The third-order valence-electron chi connectivity index (χ3n) is 3.47. The summed E-state index contributed by atoms with van der Waals surface area (Å²) in [5.41, 5.74) is 1.75. The van der Waals surface area contributed by atoms with E-state index in [1.54, 1.807) is 30.4 Å². The topological polar surface area (TPSA) is 58.2 Å². The minimum atomic E-state index is -3.21. The zero-order chi connectivity index (χ0) is 16.0. The van der Waals surface area contributed by atoms with Crippen LogP contribution >= 0.6 is 11.3 Å². The van der Waals surface area contributed by atoms with E-state index < -0.39 is 10.0 Å². The molecule has 2 N–H and O–H groups in total. The van der Waals surface area contributed by atoms with E-state index in [1.165, 1.54) is 4.88 Å². The van der Waals surface area contributed by atoms with Crippen LogP contribution in [0.3, 0.4) is 0 Å². The van der Waals surface area contributed by atoms with Gasteiger partial charge in [0.1, 0.15) is 0 Å². The van der Waals surface area contributed by atoms with Crippen molar-refractivity contribution >= 4 is 27.0 Å². The van der Waals surface area contributed by atoms with Crippen molar-refractivity contribution in [1.29, 1.82) is 0 Å². The molecule has 0 aliphatic carbocycles. The first-order chi connectivity index (χ1) is 10.5. The van der Waals surface area contributed by atoms with Gasteiger partial charge in [0.05, 0.1) is 5.75 Å². The molecule has 22 heavy (non-hydrogen) atoms. The Balaban J connectivity index is 1.86. The highest BCUT2D eigenvalue weighted by Gasteiger charge is 2.08. The molecule has 0 saturated carbocycles. The highest BCUT2D eigenvalue weighted by atomic mass is 32.2. The third kappa shape index (κ3) is 5.12. The average Bonchev–Trinajstić information content (AvgIpc) is 3.01. The number of hydrogen-bond acceptors (Lipinski definition) is 4. The molecule has 1 heterocycles. The molecule has 0 spiro atoms. The van der Waals surface area contributed by atoms with E-state index in [2.05, 4.69) is 34.5 Å². The molecule has 120 valence electrons. The number of rotatable bonds is 8. The summed E-state index contributed by atoms with van der Waals surface area (Å²) < 4.78 is 25.6. The number of nitrogens with one attached hydrogen (secondary N) is 2. The van der Waals surface area contributed by atoms with Crippen molar-refractivity contribution in [2.45, 2.75) is 26.3 Å². The second kappa shape index (κ2) is 7.76. The summed E-state index contributed by atoms with van der Waals surface area (Å²) in [6, 6.07) is 12.0. The van der Waals surface area contributed by atoms with Gasteiger partial charge < -0.3 is 5.32 Å². The predicted molar refractivity (Wildman–Crippen MR) is 94.0 cm³/mol. The molecule has 0 fully saturated rings. The smallest absolute Gasteiger partial charge is 0.232 e. The predicted octanol–water partition coefficient (Wildman–Crippen LogP) is 3.40. The lowest BCUT2D eigenvalue weighted by molar-refractivity contribution is 0.578. The lowest BCUT2D eigenvalue weighted by Crippen LogP contribution is -2.21. The van der Waals surface area contributed by atoms with Gasteiger partial charge in [-0.05, 0) is 49.4 Å². The van der Waals surface area contributed by atoms with Crippen LogP contribution in [0.2, 0.25) is 0 Å². The Morgan fingerprint density at radius 2 is 1.91 bits per heavy atom. The molecule has 0 bridgehead atoms. The van der Waals surface area contributed by atoms with Crippen LogP contribution in [0.15, 0.2) is 41.8 Å². The van der Waals surface area contributed by atoms with Crippen LogP contribution in [-0.4, -0.2) is 20.7 Å². The fraction of sp³-hybridized carbons (Fsp3) is 0.375. The van der Waals surface area contributed by atoms with Crippen LogP contribution in [0.1, 0.15) is 30.3 Å². The van der Waals surface area contributed by atoms with Gasteiger partial charge in [-0.15, -0.1) is 11.3 Å². The first kappa shape index (κ1) is 17.0. The van der Waals surface area contributed by atoms with E-state index >= 15 is 0 Å². The Morgan fingerprint density at radius 3 is 2.50 bits per heavy atom. The first-order valence-corrected chi connectivity index (χ1v) is 9.89. The fourth-order valence-electron chi connectivity index (χ4n) is 2.08. The second-order valence-corrected chi connectivity index (χ2v) is 8.18. The van der Waals surface area contributed by atoms with Gasteiger partial charge in [-0.25, -0.2) is 8.42 Å². The van der Waals surface area contributed by atoms with Crippen LogP contribution in [0, 0.1) is 0 Å². The Labute approximate surface area is 136 Å². The Bertz CT molecular complexity index is 665. The number of anilines is 1. The van der Waals surface area contributed by atoms with Crippen LogP contribution < -0.4 is 10.0 Å². The maximum atomic E-state index is 11.5. The van der Waals surface area contributed by atoms with E-state index in [4.69, 9.17) is 0 Å². The van der Waals surface area contributed by atoms with E-state index in [0.29, 0.717) is 5.69 Å². The molecule has 0 saturated heterocycles. The number of benzene rings is 1. The summed E-state index contributed by atoms with van der Waals surface area (Å²) in [5.74, 6) is 0.0788. The highest BCUT2D eigenvalue weighted by molar-refractivity contribution is 7.92. The largest absolute Gasteiger partial charge is 0.310 e. The minimum Gasteiger partial charge on any atom is -0.310 e. The van der Waals surface area contributed by atoms with Crippen molar-refractivity contribution in [3.05, 3.63) is 52.2 Å². The average molecular weight is 338 g/mol. The van der Waals surface area contributed by atoms with Crippen LogP contribution in [-0.2, 0) is 16.4 Å². The van der Waals surface area contributed by atoms with Crippen molar-refractivity contribution in [1.82, 2.24) is 5.32 Å². The van der Waals surface area contributed by atoms with E-state index in [0.717, 1.165) is 18.5 Å². The van der Waals surface area contributed by atoms with Gasteiger partial charge in [-0.2, -0.15) is 0 Å². The van der Waals surface area contributed by atoms with E-state index in [1.807, 2.05) is 12.1 Å². The van der Waals surface area contributed by atoms with Gasteiger partial charge in [-0.1, -0.05) is 18.2 Å². The van der Waals surface area contributed by atoms with Gasteiger partial charge in [0, 0.05) is 23.2 Å².